The van der Waals surface area contributed by atoms with E-state index in [4.69, 9.17) is 21.6 Å². The molecule has 2 rings (SSSR count). The topological polar surface area (TPSA) is 62.1 Å². The molecular weight excluding hydrogens is 356 g/mol. The average molecular weight is 375 g/mol. The fourth-order valence-electron chi connectivity index (χ4n) is 2.17. The number of carbonyl (C=O) groups excluding carboxylic acids is 1. The molecule has 0 aliphatic heterocycles. The number of nitrogens with one attached hydrogen (secondary N) is 1. The zero-order chi connectivity index (χ0) is 18.1. The van der Waals surface area contributed by atoms with Crippen molar-refractivity contribution >= 4 is 29.3 Å². The summed E-state index contributed by atoms with van der Waals surface area (Å²) in [6.07, 6.45) is 0. The molecule has 1 N–H and O–H groups in total. The van der Waals surface area contributed by atoms with Crippen molar-refractivity contribution in [1.29, 1.82) is 5.26 Å². The summed E-state index contributed by atoms with van der Waals surface area (Å²) >= 11 is 7.56. The minimum atomic E-state index is -0.160. The highest BCUT2D eigenvalue weighted by atomic mass is 35.5. The minimum absolute atomic E-state index is 0.0234. The Morgan fingerprint density at radius 3 is 2.88 bits per heavy atom. The zero-order valence-electron chi connectivity index (χ0n) is 13.9. The standard InChI is InChI=1S/C19H19ClN2O2S/c1-14-10-17(20)6-7-18(14)24-12-19(23)22-8-9-25-13-16-5-3-2-4-15(16)11-21/h2-7,10H,8-9,12-13H2,1H3,(H,22,23). The van der Waals surface area contributed by atoms with Crippen LogP contribution in [0.2, 0.25) is 5.02 Å². The van der Waals surface area contributed by atoms with Gasteiger partial charge in [0.2, 0.25) is 0 Å². The molecule has 0 bridgehead atoms. The molecule has 0 radical (unpaired) electrons. The van der Waals surface area contributed by atoms with Gasteiger partial charge in [0.15, 0.2) is 6.61 Å². The van der Waals surface area contributed by atoms with Crippen molar-refractivity contribution in [2.45, 2.75) is 12.7 Å². The Morgan fingerprint density at radius 2 is 2.12 bits per heavy atom. The van der Waals surface area contributed by atoms with Crippen LogP contribution >= 0.6 is 23.4 Å². The molecule has 4 nitrogen and oxygen atoms in total. The largest absolute Gasteiger partial charge is 0.484 e. The van der Waals surface area contributed by atoms with E-state index in [2.05, 4.69) is 11.4 Å². The summed E-state index contributed by atoms with van der Waals surface area (Å²) < 4.78 is 5.50. The number of hydrogen-bond acceptors (Lipinski definition) is 4. The van der Waals surface area contributed by atoms with Crippen LogP contribution in [0.1, 0.15) is 16.7 Å². The molecule has 2 aromatic carbocycles. The number of hydrogen-bond donors (Lipinski definition) is 1. The Balaban J connectivity index is 1.65. The van der Waals surface area contributed by atoms with Crippen LogP contribution in [0, 0.1) is 18.3 Å². The first kappa shape index (κ1) is 19.2. The smallest absolute Gasteiger partial charge is 0.257 e. The molecule has 25 heavy (non-hydrogen) atoms. The average Bonchev–Trinajstić information content (AvgIpc) is 2.61. The Morgan fingerprint density at radius 1 is 1.32 bits per heavy atom. The highest BCUT2D eigenvalue weighted by Crippen LogP contribution is 2.21. The first-order chi connectivity index (χ1) is 12.1. The highest BCUT2D eigenvalue weighted by Gasteiger charge is 2.05. The number of thioether (sulfide) groups is 1. The van der Waals surface area contributed by atoms with E-state index in [1.54, 1.807) is 30.0 Å². The number of rotatable bonds is 8. The van der Waals surface area contributed by atoms with Gasteiger partial charge in [-0.15, -0.1) is 0 Å². The number of amides is 1. The summed E-state index contributed by atoms with van der Waals surface area (Å²) in [6, 6.07) is 15.0. The van der Waals surface area contributed by atoms with Crippen LogP contribution in [0.25, 0.3) is 0 Å². The van der Waals surface area contributed by atoms with E-state index in [9.17, 15) is 4.79 Å². The third-order valence-corrected chi connectivity index (χ3v) is 4.70. The van der Waals surface area contributed by atoms with E-state index in [1.165, 1.54) is 0 Å². The molecule has 1 amide bonds. The summed E-state index contributed by atoms with van der Waals surface area (Å²) in [5.41, 5.74) is 2.61. The van der Waals surface area contributed by atoms with E-state index >= 15 is 0 Å². The lowest BCUT2D eigenvalue weighted by Gasteiger charge is -2.10. The van der Waals surface area contributed by atoms with Crippen molar-refractivity contribution in [1.82, 2.24) is 5.32 Å². The lowest BCUT2D eigenvalue weighted by atomic mass is 10.1. The number of nitriles is 1. The summed E-state index contributed by atoms with van der Waals surface area (Å²) in [4.78, 5) is 11.8. The van der Waals surface area contributed by atoms with Crippen LogP contribution in [0.4, 0.5) is 0 Å². The molecule has 0 atom stereocenters. The maximum absolute atomic E-state index is 11.8. The first-order valence-corrected chi connectivity index (χ1v) is 9.35. The lowest BCUT2D eigenvalue weighted by molar-refractivity contribution is -0.122. The van der Waals surface area contributed by atoms with Crippen molar-refractivity contribution in [2.75, 3.05) is 18.9 Å². The Kier molecular flexibility index (Phi) is 7.65. The Hall–Kier alpha value is -2.16. The van der Waals surface area contributed by atoms with Crippen LogP contribution in [-0.2, 0) is 10.5 Å². The lowest BCUT2D eigenvalue weighted by Crippen LogP contribution is -2.30. The maximum atomic E-state index is 11.8. The predicted octanol–water partition coefficient (Wildman–Crippen LogP) is 3.95. The van der Waals surface area contributed by atoms with Gasteiger partial charge in [0.1, 0.15) is 5.75 Å². The Labute approximate surface area is 157 Å². The summed E-state index contributed by atoms with van der Waals surface area (Å²) in [5.74, 6) is 2.01. The van der Waals surface area contributed by atoms with E-state index in [1.807, 2.05) is 31.2 Å². The minimum Gasteiger partial charge on any atom is -0.484 e. The highest BCUT2D eigenvalue weighted by molar-refractivity contribution is 7.98. The number of halogens is 1. The second kappa shape index (κ2) is 9.97. The van der Waals surface area contributed by atoms with Gasteiger partial charge in [0.25, 0.3) is 5.91 Å². The van der Waals surface area contributed by atoms with E-state index < -0.39 is 0 Å². The van der Waals surface area contributed by atoms with Gasteiger partial charge >= 0.3 is 0 Å². The molecule has 2 aromatic rings. The summed E-state index contributed by atoms with van der Waals surface area (Å²) in [5, 5.41) is 12.5. The van der Waals surface area contributed by atoms with Gasteiger partial charge in [-0.1, -0.05) is 29.8 Å². The van der Waals surface area contributed by atoms with Gasteiger partial charge in [0.05, 0.1) is 11.6 Å². The molecule has 0 fully saturated rings. The van der Waals surface area contributed by atoms with Gasteiger partial charge in [-0.2, -0.15) is 17.0 Å². The van der Waals surface area contributed by atoms with Gasteiger partial charge in [-0.3, -0.25) is 4.79 Å². The van der Waals surface area contributed by atoms with Gasteiger partial charge in [-0.05, 0) is 42.3 Å². The summed E-state index contributed by atoms with van der Waals surface area (Å²) in [6.45, 7) is 2.42. The molecule has 0 aromatic heterocycles. The number of benzene rings is 2. The van der Waals surface area contributed by atoms with E-state index in [-0.39, 0.29) is 12.5 Å². The van der Waals surface area contributed by atoms with Crippen LogP contribution < -0.4 is 10.1 Å². The SMILES string of the molecule is Cc1cc(Cl)ccc1OCC(=O)NCCSCc1ccccc1C#N. The molecular formula is C19H19ClN2O2S. The second-order valence-electron chi connectivity index (χ2n) is 5.37. The first-order valence-electron chi connectivity index (χ1n) is 7.81. The fraction of sp³-hybridized carbons (Fsp3) is 0.263. The van der Waals surface area contributed by atoms with Gasteiger partial charge in [-0.25, -0.2) is 0 Å². The monoisotopic (exact) mass is 374 g/mol. The van der Waals surface area contributed by atoms with Crippen molar-refractivity contribution in [3.63, 3.8) is 0 Å². The van der Waals surface area contributed by atoms with Gasteiger partial charge < -0.3 is 10.1 Å². The third kappa shape index (κ3) is 6.33. The maximum Gasteiger partial charge on any atom is 0.257 e. The normalized spacial score (nSPS) is 10.1. The number of aryl methyl sites for hydroxylation is 1. The molecule has 0 saturated carbocycles. The molecule has 0 spiro atoms. The van der Waals surface area contributed by atoms with Crippen molar-refractivity contribution in [3.8, 4) is 11.8 Å². The van der Waals surface area contributed by atoms with Crippen LogP contribution in [0.15, 0.2) is 42.5 Å². The molecule has 0 aliphatic carbocycles. The number of carbonyl (C=O) groups is 1. The number of ether oxygens (including phenoxy) is 1. The summed E-state index contributed by atoms with van der Waals surface area (Å²) in [7, 11) is 0. The predicted molar refractivity (Wildman–Crippen MR) is 102 cm³/mol. The van der Waals surface area contributed by atoms with Crippen molar-refractivity contribution in [2.24, 2.45) is 0 Å². The molecule has 130 valence electrons. The molecule has 6 heteroatoms. The van der Waals surface area contributed by atoms with E-state index in [0.717, 1.165) is 22.6 Å². The van der Waals surface area contributed by atoms with Crippen molar-refractivity contribution in [3.05, 3.63) is 64.2 Å². The van der Waals surface area contributed by atoms with Crippen molar-refractivity contribution < 1.29 is 9.53 Å². The molecule has 0 saturated heterocycles. The molecule has 0 unspecified atom stereocenters. The fourth-order valence-corrected chi connectivity index (χ4v) is 3.26. The van der Waals surface area contributed by atoms with Gasteiger partial charge in [0, 0.05) is 23.1 Å². The van der Waals surface area contributed by atoms with Crippen LogP contribution in [0.3, 0.4) is 0 Å². The quantitative estimate of drug-likeness (QED) is 0.710. The van der Waals surface area contributed by atoms with E-state index in [0.29, 0.717) is 22.9 Å². The molecule has 0 aliphatic rings. The Bertz CT molecular complexity index is 774. The van der Waals surface area contributed by atoms with Crippen LogP contribution in [-0.4, -0.2) is 24.8 Å². The molecule has 0 heterocycles. The van der Waals surface area contributed by atoms with Crippen LogP contribution in [0.5, 0.6) is 5.75 Å². The number of nitrogens with zero attached hydrogens (tertiary/aromatic N) is 1. The zero-order valence-corrected chi connectivity index (χ0v) is 15.5. The third-order valence-electron chi connectivity index (χ3n) is 3.46. The second-order valence-corrected chi connectivity index (χ2v) is 6.91.